The average Bonchev–Trinajstić information content (AvgIpc) is 3.61. The number of Topliss-reactive ketones (excluding diaryl/α,β-unsaturated/α-hetero) is 1. The van der Waals surface area contributed by atoms with E-state index in [2.05, 4.69) is 15.3 Å². The lowest BCUT2D eigenvalue weighted by atomic mass is 10.0. The van der Waals surface area contributed by atoms with Crippen molar-refractivity contribution in [3.05, 3.63) is 77.5 Å². The molecular formula is C24H19F4N3O3. The van der Waals surface area contributed by atoms with Gasteiger partial charge in [-0.25, -0.2) is 9.37 Å². The van der Waals surface area contributed by atoms with Crippen molar-refractivity contribution in [2.45, 2.75) is 31.9 Å². The Labute approximate surface area is 192 Å². The van der Waals surface area contributed by atoms with Crippen LogP contribution in [0.4, 0.5) is 23.4 Å². The molecule has 0 spiro atoms. The molecule has 6 nitrogen and oxygen atoms in total. The number of carbonyl (C=O) groups is 2. The Balaban J connectivity index is 1.38. The minimum absolute atomic E-state index is 0.0144. The smallest absolute Gasteiger partial charge is 0.417 e. The third-order valence-corrected chi connectivity index (χ3v) is 5.10. The maximum atomic E-state index is 14.6. The molecule has 0 aliphatic heterocycles. The predicted molar refractivity (Wildman–Crippen MR) is 114 cm³/mol. The molecule has 2 aromatic heterocycles. The van der Waals surface area contributed by atoms with Gasteiger partial charge in [0.15, 0.2) is 0 Å². The minimum atomic E-state index is -4.56. The largest absolute Gasteiger partial charge is 0.457 e. The zero-order chi connectivity index (χ0) is 24.3. The molecule has 0 bridgehead atoms. The van der Waals surface area contributed by atoms with Crippen LogP contribution in [0.5, 0.6) is 11.5 Å². The van der Waals surface area contributed by atoms with Gasteiger partial charge in [-0.3, -0.25) is 14.6 Å². The van der Waals surface area contributed by atoms with E-state index in [0.29, 0.717) is 17.8 Å². The Kier molecular flexibility index (Phi) is 6.58. The molecule has 0 atom stereocenters. The number of nitrogens with zero attached hydrogens (tertiary/aromatic N) is 2. The number of nitrogens with one attached hydrogen (secondary N) is 1. The molecular weight excluding hydrogens is 454 g/mol. The number of carbonyl (C=O) groups excluding carboxylic acids is 2. The molecule has 0 saturated heterocycles. The molecule has 176 valence electrons. The summed E-state index contributed by atoms with van der Waals surface area (Å²) < 4.78 is 58.6. The van der Waals surface area contributed by atoms with E-state index in [1.165, 1.54) is 30.6 Å². The fourth-order valence-electron chi connectivity index (χ4n) is 3.23. The molecule has 10 heteroatoms. The summed E-state index contributed by atoms with van der Waals surface area (Å²) >= 11 is 0. The topological polar surface area (TPSA) is 81.2 Å². The number of ether oxygens (including phenoxy) is 1. The van der Waals surface area contributed by atoms with Crippen molar-refractivity contribution in [3.8, 4) is 11.5 Å². The van der Waals surface area contributed by atoms with Crippen molar-refractivity contribution in [2.75, 3.05) is 5.32 Å². The zero-order valence-corrected chi connectivity index (χ0v) is 17.7. The normalized spacial score (nSPS) is 13.4. The van der Waals surface area contributed by atoms with E-state index < -0.39 is 23.3 Å². The van der Waals surface area contributed by atoms with Crippen molar-refractivity contribution in [2.24, 2.45) is 5.92 Å². The van der Waals surface area contributed by atoms with Crippen LogP contribution in [0.3, 0.4) is 0 Å². The Hall–Kier alpha value is -3.82. The van der Waals surface area contributed by atoms with E-state index in [-0.39, 0.29) is 41.5 Å². The Morgan fingerprint density at radius 1 is 1.03 bits per heavy atom. The first-order valence-electron chi connectivity index (χ1n) is 10.4. The maximum absolute atomic E-state index is 14.6. The van der Waals surface area contributed by atoms with E-state index in [9.17, 15) is 27.2 Å². The van der Waals surface area contributed by atoms with E-state index in [0.717, 1.165) is 25.0 Å². The molecule has 1 aliphatic rings. The number of halogens is 4. The van der Waals surface area contributed by atoms with Crippen LogP contribution in [-0.4, -0.2) is 21.7 Å². The van der Waals surface area contributed by atoms with Crippen LogP contribution in [0.2, 0.25) is 0 Å². The van der Waals surface area contributed by atoms with Crippen molar-refractivity contribution in [3.63, 3.8) is 0 Å². The molecule has 1 fully saturated rings. The fraction of sp³-hybridized carbons (Fsp3) is 0.250. The van der Waals surface area contributed by atoms with Crippen LogP contribution in [-0.2, 0) is 28.6 Å². The number of hydrogen-bond donors (Lipinski definition) is 1. The Bertz CT molecular complexity index is 1230. The summed E-state index contributed by atoms with van der Waals surface area (Å²) in [6, 6.07) is 7.87. The number of benzene rings is 1. The number of aromatic nitrogens is 2. The minimum Gasteiger partial charge on any atom is -0.457 e. The van der Waals surface area contributed by atoms with Gasteiger partial charge in [0.1, 0.15) is 28.9 Å². The van der Waals surface area contributed by atoms with Gasteiger partial charge < -0.3 is 10.1 Å². The SMILES string of the molecule is O=C(Cc1cncc(C(F)(F)F)c1)Cc1ccc(Oc2ccnc(NC(=O)C3CC3)c2)cc1F. The van der Waals surface area contributed by atoms with E-state index in [4.69, 9.17) is 4.74 Å². The first-order chi connectivity index (χ1) is 16.2. The summed E-state index contributed by atoms with van der Waals surface area (Å²) in [6.45, 7) is 0. The Morgan fingerprint density at radius 2 is 1.79 bits per heavy atom. The highest BCUT2D eigenvalue weighted by atomic mass is 19.4. The number of ketones is 1. The number of anilines is 1. The van der Waals surface area contributed by atoms with Crippen LogP contribution in [0, 0.1) is 11.7 Å². The highest BCUT2D eigenvalue weighted by molar-refractivity contribution is 5.93. The molecule has 3 aromatic rings. The standard InChI is InChI=1S/C24H19F4N3O3/c25-21-10-19(34-20-5-6-30-22(11-20)31-23(33)15-1-2-15)4-3-16(21)9-18(32)8-14-7-17(13-29-12-14)24(26,27)28/h3-7,10-13,15H,1-2,8-9H2,(H,30,31,33). The van der Waals surface area contributed by atoms with Gasteiger partial charge >= 0.3 is 6.18 Å². The summed E-state index contributed by atoms with van der Waals surface area (Å²) in [5.74, 6) is -0.418. The zero-order valence-electron chi connectivity index (χ0n) is 17.7. The fourth-order valence-corrected chi connectivity index (χ4v) is 3.23. The summed E-state index contributed by atoms with van der Waals surface area (Å²) in [4.78, 5) is 31.8. The number of rotatable bonds is 8. The number of amides is 1. The van der Waals surface area contributed by atoms with Crippen molar-refractivity contribution >= 4 is 17.5 Å². The lowest BCUT2D eigenvalue weighted by Crippen LogP contribution is -2.14. The monoisotopic (exact) mass is 473 g/mol. The van der Waals surface area contributed by atoms with Gasteiger partial charge in [0.05, 0.1) is 5.56 Å². The first-order valence-corrected chi connectivity index (χ1v) is 10.4. The summed E-state index contributed by atoms with van der Waals surface area (Å²) in [5.41, 5.74) is -0.760. The quantitative estimate of drug-likeness (QED) is 0.459. The molecule has 1 saturated carbocycles. The molecule has 2 heterocycles. The van der Waals surface area contributed by atoms with Gasteiger partial charge in [0, 0.05) is 49.5 Å². The van der Waals surface area contributed by atoms with Crippen LogP contribution >= 0.6 is 0 Å². The molecule has 4 rings (SSSR count). The van der Waals surface area contributed by atoms with Gasteiger partial charge in [-0.1, -0.05) is 6.07 Å². The van der Waals surface area contributed by atoms with Gasteiger partial charge in [0.25, 0.3) is 0 Å². The van der Waals surface area contributed by atoms with Crippen LogP contribution in [0.15, 0.2) is 55.0 Å². The molecule has 1 N–H and O–H groups in total. The van der Waals surface area contributed by atoms with E-state index in [1.807, 2.05) is 0 Å². The van der Waals surface area contributed by atoms with Gasteiger partial charge in [-0.2, -0.15) is 13.2 Å². The lowest BCUT2D eigenvalue weighted by Gasteiger charge is -2.10. The van der Waals surface area contributed by atoms with Crippen LogP contribution in [0.25, 0.3) is 0 Å². The molecule has 0 unspecified atom stereocenters. The Morgan fingerprint density at radius 3 is 2.50 bits per heavy atom. The van der Waals surface area contributed by atoms with E-state index in [1.54, 1.807) is 6.07 Å². The maximum Gasteiger partial charge on any atom is 0.417 e. The highest BCUT2D eigenvalue weighted by Crippen LogP contribution is 2.31. The second-order valence-corrected chi connectivity index (χ2v) is 7.97. The number of hydrogen-bond acceptors (Lipinski definition) is 5. The van der Waals surface area contributed by atoms with Crippen molar-refractivity contribution in [1.29, 1.82) is 0 Å². The average molecular weight is 473 g/mol. The summed E-state index contributed by atoms with van der Waals surface area (Å²) in [5, 5.41) is 2.70. The van der Waals surface area contributed by atoms with Crippen molar-refractivity contribution < 1.29 is 31.9 Å². The van der Waals surface area contributed by atoms with Gasteiger partial charge in [-0.05, 0) is 42.2 Å². The first kappa shape index (κ1) is 23.3. The van der Waals surface area contributed by atoms with Gasteiger partial charge in [0.2, 0.25) is 5.91 Å². The molecule has 1 aromatic carbocycles. The highest BCUT2D eigenvalue weighted by Gasteiger charge is 2.31. The number of pyridine rings is 2. The molecule has 0 radical (unpaired) electrons. The van der Waals surface area contributed by atoms with E-state index >= 15 is 0 Å². The third kappa shape index (κ3) is 6.15. The molecule has 34 heavy (non-hydrogen) atoms. The van der Waals surface area contributed by atoms with Crippen molar-refractivity contribution in [1.82, 2.24) is 9.97 Å². The second-order valence-electron chi connectivity index (χ2n) is 7.97. The summed E-state index contributed by atoms with van der Waals surface area (Å²) in [6.07, 6.45) is -0.151. The van der Waals surface area contributed by atoms with Crippen LogP contribution < -0.4 is 10.1 Å². The second kappa shape index (κ2) is 9.58. The van der Waals surface area contributed by atoms with Gasteiger partial charge in [-0.15, -0.1) is 0 Å². The molecule has 1 aliphatic carbocycles. The molecule has 1 amide bonds. The predicted octanol–water partition coefficient (Wildman–Crippen LogP) is 5.13. The number of alkyl halides is 3. The summed E-state index contributed by atoms with van der Waals surface area (Å²) in [7, 11) is 0. The van der Waals surface area contributed by atoms with Crippen LogP contribution in [0.1, 0.15) is 29.5 Å². The lowest BCUT2D eigenvalue weighted by molar-refractivity contribution is -0.138. The third-order valence-electron chi connectivity index (χ3n) is 5.10.